The maximum atomic E-state index is 12.3. The van der Waals surface area contributed by atoms with E-state index in [0.29, 0.717) is 5.56 Å². The Morgan fingerprint density at radius 1 is 1.10 bits per heavy atom. The molecule has 0 saturated carbocycles. The molecule has 0 saturated heterocycles. The highest BCUT2D eigenvalue weighted by Gasteiger charge is 2.33. The molecule has 0 amide bonds. The van der Waals surface area contributed by atoms with Gasteiger partial charge in [-0.3, -0.25) is 0 Å². The third-order valence-electron chi connectivity index (χ3n) is 6.52. The van der Waals surface area contributed by atoms with Crippen LogP contribution in [0.25, 0.3) is 10.4 Å². The number of carboxylic acids is 1. The van der Waals surface area contributed by atoms with E-state index in [0.717, 1.165) is 48.4 Å². The molecule has 1 aliphatic rings. The van der Waals surface area contributed by atoms with Crippen molar-refractivity contribution in [3.63, 3.8) is 0 Å². The van der Waals surface area contributed by atoms with Crippen LogP contribution in [0.15, 0.2) is 24.3 Å². The van der Waals surface area contributed by atoms with Gasteiger partial charge in [0.25, 0.3) is 0 Å². The van der Waals surface area contributed by atoms with E-state index in [2.05, 4.69) is 44.3 Å². The number of carbonyl (C=O) groups is 1. The number of rotatable bonds is 12. The summed E-state index contributed by atoms with van der Waals surface area (Å²) >= 11 is 1.71. The van der Waals surface area contributed by atoms with Crippen LogP contribution in [0.2, 0.25) is 0 Å². The molecule has 170 valence electrons. The number of aryl methyl sites for hydroxylation is 1. The number of nitrogens with one attached hydrogen (secondary N) is 1. The standard InChI is InChI=1S/C27H39NO2S/c1-4-5-6-7-8-9-12-17-28-19-20-13-10-11-14-21(20)25-24(26(29)30)22-18-27(2,3)16-15-23(22)31-25/h10-11,13-14,28H,4-9,12,15-19H2,1-3H3,(H,29,30). The van der Waals surface area contributed by atoms with E-state index in [-0.39, 0.29) is 5.41 Å². The van der Waals surface area contributed by atoms with E-state index in [1.165, 1.54) is 55.4 Å². The van der Waals surface area contributed by atoms with Crippen molar-refractivity contribution in [2.24, 2.45) is 5.41 Å². The smallest absolute Gasteiger partial charge is 0.337 e. The summed E-state index contributed by atoms with van der Waals surface area (Å²) in [6, 6.07) is 8.33. The minimum Gasteiger partial charge on any atom is -0.478 e. The van der Waals surface area contributed by atoms with Crippen molar-refractivity contribution in [2.75, 3.05) is 6.54 Å². The predicted molar refractivity (Wildman–Crippen MR) is 132 cm³/mol. The molecule has 2 aromatic rings. The van der Waals surface area contributed by atoms with E-state index in [4.69, 9.17) is 0 Å². The molecule has 31 heavy (non-hydrogen) atoms. The summed E-state index contributed by atoms with van der Waals surface area (Å²) < 4.78 is 0. The molecule has 4 heteroatoms. The van der Waals surface area contributed by atoms with Gasteiger partial charge in [0.05, 0.1) is 5.56 Å². The highest BCUT2D eigenvalue weighted by atomic mass is 32.1. The van der Waals surface area contributed by atoms with Crippen LogP contribution < -0.4 is 5.32 Å². The van der Waals surface area contributed by atoms with Crippen LogP contribution in [-0.2, 0) is 19.4 Å². The first-order valence-electron chi connectivity index (χ1n) is 12.1. The fraction of sp³-hybridized carbons (Fsp3) is 0.593. The fourth-order valence-electron chi connectivity index (χ4n) is 4.66. The molecule has 0 atom stereocenters. The van der Waals surface area contributed by atoms with Gasteiger partial charge in [0.2, 0.25) is 0 Å². The van der Waals surface area contributed by atoms with Crippen LogP contribution in [0.3, 0.4) is 0 Å². The molecular weight excluding hydrogens is 402 g/mol. The summed E-state index contributed by atoms with van der Waals surface area (Å²) in [4.78, 5) is 14.5. The van der Waals surface area contributed by atoms with Crippen molar-refractivity contribution in [1.82, 2.24) is 5.32 Å². The maximum absolute atomic E-state index is 12.3. The first kappa shape index (κ1) is 24.0. The molecule has 1 heterocycles. The van der Waals surface area contributed by atoms with Gasteiger partial charge in [-0.15, -0.1) is 11.3 Å². The van der Waals surface area contributed by atoms with Crippen molar-refractivity contribution in [3.8, 4) is 10.4 Å². The molecule has 1 aliphatic carbocycles. The Morgan fingerprint density at radius 3 is 2.55 bits per heavy atom. The molecule has 0 bridgehead atoms. The van der Waals surface area contributed by atoms with Gasteiger partial charge in [-0.2, -0.15) is 0 Å². The number of benzene rings is 1. The van der Waals surface area contributed by atoms with Gasteiger partial charge in [-0.25, -0.2) is 4.79 Å². The number of unbranched alkanes of at least 4 members (excludes halogenated alkanes) is 6. The van der Waals surface area contributed by atoms with Crippen LogP contribution in [0.1, 0.15) is 98.5 Å². The summed E-state index contributed by atoms with van der Waals surface area (Å²) in [6.07, 6.45) is 12.2. The Balaban J connectivity index is 1.67. The first-order valence-corrected chi connectivity index (χ1v) is 12.9. The second-order valence-electron chi connectivity index (χ2n) is 9.81. The van der Waals surface area contributed by atoms with Crippen LogP contribution in [0.5, 0.6) is 0 Å². The van der Waals surface area contributed by atoms with Crippen LogP contribution in [0, 0.1) is 5.41 Å². The summed E-state index contributed by atoms with van der Waals surface area (Å²) in [6.45, 7) is 8.57. The topological polar surface area (TPSA) is 49.3 Å². The average Bonchev–Trinajstić information content (AvgIpc) is 3.10. The zero-order chi connectivity index (χ0) is 22.3. The van der Waals surface area contributed by atoms with E-state index < -0.39 is 5.97 Å². The number of fused-ring (bicyclic) bond motifs is 1. The maximum Gasteiger partial charge on any atom is 0.337 e. The number of thiophene rings is 1. The van der Waals surface area contributed by atoms with Gasteiger partial charge in [0.15, 0.2) is 0 Å². The van der Waals surface area contributed by atoms with Crippen molar-refractivity contribution in [2.45, 2.75) is 91.5 Å². The van der Waals surface area contributed by atoms with E-state index in [1.54, 1.807) is 11.3 Å². The van der Waals surface area contributed by atoms with Gasteiger partial charge in [0.1, 0.15) is 0 Å². The minimum absolute atomic E-state index is 0.174. The van der Waals surface area contributed by atoms with Crippen molar-refractivity contribution in [3.05, 3.63) is 45.8 Å². The summed E-state index contributed by atoms with van der Waals surface area (Å²) in [5.74, 6) is -0.781. The molecule has 3 nitrogen and oxygen atoms in total. The van der Waals surface area contributed by atoms with Gasteiger partial charge in [-0.05, 0) is 54.3 Å². The molecule has 3 rings (SSSR count). The minimum atomic E-state index is -0.781. The third kappa shape index (κ3) is 6.43. The van der Waals surface area contributed by atoms with Crippen LogP contribution in [0.4, 0.5) is 0 Å². The lowest BCUT2D eigenvalue weighted by molar-refractivity contribution is 0.0696. The van der Waals surface area contributed by atoms with Crippen molar-refractivity contribution in [1.29, 1.82) is 0 Å². The highest BCUT2D eigenvalue weighted by Crippen LogP contribution is 2.45. The van der Waals surface area contributed by atoms with Crippen molar-refractivity contribution < 1.29 is 9.90 Å². The SMILES string of the molecule is CCCCCCCCCNCc1ccccc1-c1sc2c(c1C(=O)O)CC(C)(C)CC2. The Hall–Kier alpha value is -1.65. The lowest BCUT2D eigenvalue weighted by Crippen LogP contribution is -2.22. The van der Waals surface area contributed by atoms with E-state index in [9.17, 15) is 9.90 Å². The molecule has 1 aromatic carbocycles. The first-order chi connectivity index (χ1) is 14.9. The zero-order valence-electron chi connectivity index (χ0n) is 19.6. The Kier molecular flexibility index (Phi) is 8.74. The van der Waals surface area contributed by atoms with E-state index in [1.807, 2.05) is 6.07 Å². The van der Waals surface area contributed by atoms with Gasteiger partial charge >= 0.3 is 5.97 Å². The lowest BCUT2D eigenvalue weighted by atomic mass is 9.76. The molecule has 0 aliphatic heterocycles. The number of aromatic carboxylic acids is 1. The summed E-state index contributed by atoms with van der Waals surface area (Å²) in [5.41, 5.74) is 4.09. The molecule has 0 spiro atoms. The number of carboxylic acid groups (broad SMARTS) is 1. The molecule has 0 unspecified atom stereocenters. The monoisotopic (exact) mass is 441 g/mol. The molecule has 0 radical (unpaired) electrons. The molecule has 1 aromatic heterocycles. The normalized spacial score (nSPS) is 15.1. The third-order valence-corrected chi connectivity index (χ3v) is 7.85. The Bertz CT molecular complexity index is 868. The van der Waals surface area contributed by atoms with Gasteiger partial charge in [-0.1, -0.05) is 83.6 Å². The zero-order valence-corrected chi connectivity index (χ0v) is 20.4. The van der Waals surface area contributed by atoms with E-state index >= 15 is 0 Å². The Morgan fingerprint density at radius 2 is 1.81 bits per heavy atom. The molecule has 0 fully saturated rings. The van der Waals surface area contributed by atoms with Crippen molar-refractivity contribution >= 4 is 17.3 Å². The lowest BCUT2D eigenvalue weighted by Gasteiger charge is -2.29. The van der Waals surface area contributed by atoms with Crippen LogP contribution >= 0.6 is 11.3 Å². The van der Waals surface area contributed by atoms with Gasteiger partial charge < -0.3 is 10.4 Å². The number of hydrogen-bond donors (Lipinski definition) is 2. The average molecular weight is 442 g/mol. The fourth-order valence-corrected chi connectivity index (χ4v) is 6.03. The Labute approximate surface area is 192 Å². The molecular formula is C27H39NO2S. The predicted octanol–water partition coefficient (Wildman–Crippen LogP) is 7.47. The summed E-state index contributed by atoms with van der Waals surface area (Å²) in [7, 11) is 0. The second kappa shape index (κ2) is 11.3. The quantitative estimate of drug-likeness (QED) is 0.336. The number of hydrogen-bond acceptors (Lipinski definition) is 3. The van der Waals surface area contributed by atoms with Crippen LogP contribution in [-0.4, -0.2) is 17.6 Å². The summed E-state index contributed by atoms with van der Waals surface area (Å²) in [5, 5.41) is 13.7. The molecule has 2 N–H and O–H groups in total. The largest absolute Gasteiger partial charge is 0.478 e. The highest BCUT2D eigenvalue weighted by molar-refractivity contribution is 7.16. The van der Waals surface area contributed by atoms with Gasteiger partial charge in [0, 0.05) is 16.3 Å². The second-order valence-corrected chi connectivity index (χ2v) is 10.9.